The minimum atomic E-state index is -0.455. The van der Waals surface area contributed by atoms with Crippen molar-refractivity contribution in [3.63, 3.8) is 0 Å². The second-order valence-corrected chi connectivity index (χ2v) is 8.18. The van der Waals surface area contributed by atoms with Crippen molar-refractivity contribution < 1.29 is 9.53 Å². The monoisotopic (exact) mass is 342 g/mol. The van der Waals surface area contributed by atoms with Crippen molar-refractivity contribution in [3.05, 3.63) is 48.0 Å². The van der Waals surface area contributed by atoms with E-state index in [0.717, 1.165) is 19.6 Å². The van der Waals surface area contributed by atoms with Crippen LogP contribution in [0.2, 0.25) is 0 Å². The highest BCUT2D eigenvalue weighted by Crippen LogP contribution is 2.31. The van der Waals surface area contributed by atoms with Crippen LogP contribution in [-0.2, 0) is 11.3 Å². The zero-order valence-corrected chi connectivity index (χ0v) is 15.6. The topological polar surface area (TPSA) is 32.8 Å². The Morgan fingerprint density at radius 3 is 2.52 bits per heavy atom. The molecule has 1 aromatic carbocycles. The van der Waals surface area contributed by atoms with Gasteiger partial charge in [-0.1, -0.05) is 42.5 Å². The molecule has 2 fully saturated rings. The fourth-order valence-electron chi connectivity index (χ4n) is 3.14. The summed E-state index contributed by atoms with van der Waals surface area (Å²) in [5.41, 5.74) is 0.862. The standard InChI is InChI=1S/C21H30N2O2/c1-21(2,3)25-20(24)23-14-13-22(15-18-7-5-4-6-8-18)16-19(23)12-11-17-9-10-17/h4-8,11-12,17,19H,9-10,13-16H2,1-3H3/b12-11+/t19-/m1/s1. The Kier molecular flexibility index (Phi) is 5.48. The molecule has 0 radical (unpaired) electrons. The zero-order chi connectivity index (χ0) is 17.9. The normalized spacial score (nSPS) is 22.4. The van der Waals surface area contributed by atoms with E-state index >= 15 is 0 Å². The summed E-state index contributed by atoms with van der Waals surface area (Å²) in [7, 11) is 0. The number of allylic oxidation sites excluding steroid dienone is 1. The van der Waals surface area contributed by atoms with Crippen molar-refractivity contribution in [2.24, 2.45) is 5.92 Å². The van der Waals surface area contributed by atoms with E-state index in [1.54, 1.807) is 0 Å². The fraction of sp³-hybridized carbons (Fsp3) is 0.571. The zero-order valence-electron chi connectivity index (χ0n) is 15.6. The van der Waals surface area contributed by atoms with E-state index in [9.17, 15) is 4.79 Å². The Hall–Kier alpha value is -1.81. The fourth-order valence-corrected chi connectivity index (χ4v) is 3.14. The molecule has 1 amide bonds. The molecule has 1 aliphatic carbocycles. The van der Waals surface area contributed by atoms with Gasteiger partial charge < -0.3 is 4.74 Å². The molecule has 1 aliphatic heterocycles. The van der Waals surface area contributed by atoms with Gasteiger partial charge in [-0.05, 0) is 45.1 Å². The van der Waals surface area contributed by atoms with Gasteiger partial charge in [-0.3, -0.25) is 9.80 Å². The highest BCUT2D eigenvalue weighted by molar-refractivity contribution is 5.69. The van der Waals surface area contributed by atoms with Crippen LogP contribution >= 0.6 is 0 Å². The third kappa shape index (κ3) is 5.60. The minimum absolute atomic E-state index is 0.0907. The van der Waals surface area contributed by atoms with Crippen molar-refractivity contribution >= 4 is 6.09 Å². The third-order valence-electron chi connectivity index (χ3n) is 4.61. The summed E-state index contributed by atoms with van der Waals surface area (Å²) in [5.74, 6) is 0.713. The molecule has 1 heterocycles. The van der Waals surface area contributed by atoms with Gasteiger partial charge in [-0.25, -0.2) is 4.79 Å². The number of carbonyl (C=O) groups is 1. The lowest BCUT2D eigenvalue weighted by Gasteiger charge is -2.40. The molecule has 3 rings (SSSR count). The van der Waals surface area contributed by atoms with Gasteiger partial charge in [0, 0.05) is 26.2 Å². The molecule has 0 N–H and O–H groups in total. The second kappa shape index (κ2) is 7.61. The Bertz CT molecular complexity index is 602. The maximum Gasteiger partial charge on any atom is 0.410 e. The number of rotatable bonds is 4. The van der Waals surface area contributed by atoms with Gasteiger partial charge >= 0.3 is 6.09 Å². The molecule has 1 saturated heterocycles. The SMILES string of the molecule is CC(C)(C)OC(=O)N1CCN(Cc2ccccc2)C[C@H]1/C=C/C1CC1. The molecule has 4 heteroatoms. The first kappa shape index (κ1) is 18.0. The summed E-state index contributed by atoms with van der Waals surface area (Å²) in [4.78, 5) is 16.9. The van der Waals surface area contributed by atoms with Gasteiger partial charge in [0.05, 0.1) is 6.04 Å². The van der Waals surface area contributed by atoms with E-state index in [1.807, 2.05) is 31.7 Å². The molecule has 0 aromatic heterocycles. The number of nitrogens with zero attached hydrogens (tertiary/aromatic N) is 2. The Balaban J connectivity index is 1.66. The van der Waals surface area contributed by atoms with Crippen LogP contribution in [0.25, 0.3) is 0 Å². The van der Waals surface area contributed by atoms with Crippen LogP contribution in [0.5, 0.6) is 0 Å². The summed E-state index contributed by atoms with van der Waals surface area (Å²) < 4.78 is 5.62. The lowest BCUT2D eigenvalue weighted by molar-refractivity contribution is 0.00456. The summed E-state index contributed by atoms with van der Waals surface area (Å²) in [6.07, 6.45) is 6.87. The minimum Gasteiger partial charge on any atom is -0.444 e. The van der Waals surface area contributed by atoms with Gasteiger partial charge in [0.15, 0.2) is 0 Å². The molecular weight excluding hydrogens is 312 g/mol. The van der Waals surface area contributed by atoms with Gasteiger partial charge in [0.2, 0.25) is 0 Å². The van der Waals surface area contributed by atoms with Crippen LogP contribution < -0.4 is 0 Å². The lowest BCUT2D eigenvalue weighted by atomic mass is 10.1. The largest absolute Gasteiger partial charge is 0.444 e. The molecular formula is C21H30N2O2. The van der Waals surface area contributed by atoms with E-state index < -0.39 is 5.60 Å². The van der Waals surface area contributed by atoms with Crippen molar-refractivity contribution in [1.29, 1.82) is 0 Å². The van der Waals surface area contributed by atoms with Crippen molar-refractivity contribution in [2.75, 3.05) is 19.6 Å². The number of hydrogen-bond donors (Lipinski definition) is 0. The number of amides is 1. The van der Waals surface area contributed by atoms with Crippen LogP contribution in [0.4, 0.5) is 4.79 Å². The maximum atomic E-state index is 12.6. The number of piperazine rings is 1. The molecule has 4 nitrogen and oxygen atoms in total. The number of ether oxygens (including phenoxy) is 1. The van der Waals surface area contributed by atoms with E-state index in [-0.39, 0.29) is 12.1 Å². The average molecular weight is 342 g/mol. The average Bonchev–Trinajstić information content (AvgIpc) is 3.36. The third-order valence-corrected chi connectivity index (χ3v) is 4.61. The molecule has 1 saturated carbocycles. The van der Waals surface area contributed by atoms with Gasteiger partial charge in [-0.15, -0.1) is 0 Å². The van der Waals surface area contributed by atoms with Crippen molar-refractivity contribution in [1.82, 2.24) is 9.80 Å². The van der Waals surface area contributed by atoms with E-state index in [2.05, 4.69) is 41.3 Å². The summed E-state index contributed by atoms with van der Waals surface area (Å²) in [5, 5.41) is 0. The van der Waals surface area contributed by atoms with Crippen molar-refractivity contribution in [3.8, 4) is 0 Å². The van der Waals surface area contributed by atoms with Crippen LogP contribution in [0.3, 0.4) is 0 Å². The first-order chi connectivity index (χ1) is 11.9. The Morgan fingerprint density at radius 1 is 1.16 bits per heavy atom. The maximum absolute atomic E-state index is 12.6. The molecule has 0 spiro atoms. The second-order valence-electron chi connectivity index (χ2n) is 8.18. The van der Waals surface area contributed by atoms with Gasteiger partial charge in [0.25, 0.3) is 0 Å². The number of hydrogen-bond acceptors (Lipinski definition) is 3. The molecule has 136 valence electrons. The van der Waals surface area contributed by atoms with Crippen LogP contribution in [0.1, 0.15) is 39.2 Å². The smallest absolute Gasteiger partial charge is 0.410 e. The van der Waals surface area contributed by atoms with Crippen LogP contribution in [0, 0.1) is 5.92 Å². The highest BCUT2D eigenvalue weighted by Gasteiger charge is 2.32. The number of benzene rings is 1. The summed E-state index contributed by atoms with van der Waals surface area (Å²) >= 11 is 0. The van der Waals surface area contributed by atoms with Gasteiger partial charge in [0.1, 0.15) is 5.60 Å². The highest BCUT2D eigenvalue weighted by atomic mass is 16.6. The molecule has 0 unspecified atom stereocenters. The quantitative estimate of drug-likeness (QED) is 0.773. The van der Waals surface area contributed by atoms with Crippen molar-refractivity contribution in [2.45, 2.75) is 51.8 Å². The predicted octanol–water partition coefficient (Wildman–Crippen LogP) is 4.07. The Morgan fingerprint density at radius 2 is 1.88 bits per heavy atom. The van der Waals surface area contributed by atoms with E-state index in [4.69, 9.17) is 4.74 Å². The molecule has 0 bridgehead atoms. The van der Waals surface area contributed by atoms with E-state index in [1.165, 1.54) is 18.4 Å². The predicted molar refractivity (Wildman–Crippen MR) is 100 cm³/mol. The number of carbonyl (C=O) groups excluding carboxylic acids is 1. The van der Waals surface area contributed by atoms with Gasteiger partial charge in [-0.2, -0.15) is 0 Å². The van der Waals surface area contributed by atoms with Crippen LogP contribution in [0.15, 0.2) is 42.5 Å². The molecule has 1 atom stereocenters. The van der Waals surface area contributed by atoms with Crippen LogP contribution in [-0.4, -0.2) is 47.2 Å². The van der Waals surface area contributed by atoms with E-state index in [0.29, 0.717) is 12.5 Å². The molecule has 25 heavy (non-hydrogen) atoms. The first-order valence-electron chi connectivity index (χ1n) is 9.35. The Labute approximate surface area is 151 Å². The lowest BCUT2D eigenvalue weighted by Crippen LogP contribution is -2.55. The first-order valence-corrected chi connectivity index (χ1v) is 9.35. The summed E-state index contributed by atoms with van der Waals surface area (Å²) in [6.45, 7) is 9.14. The summed E-state index contributed by atoms with van der Waals surface area (Å²) in [6, 6.07) is 10.6. The molecule has 2 aliphatic rings. The molecule has 1 aromatic rings.